The molecule has 0 aliphatic rings. The number of phenolic OH excluding ortho intramolecular Hbond substituents is 1. The standard InChI is InChI=1S/C13H15NO4/c1-7(2)14-6-8(12(16)13(17)18)11-9(14)4-3-5-10(11)15/h3-7,12,15-16H,1-2H3,(H,17,18). The predicted octanol–water partition coefficient (Wildman–Crippen LogP) is 2.05. The Morgan fingerprint density at radius 3 is 2.56 bits per heavy atom. The van der Waals surface area contributed by atoms with Crippen LogP contribution in [0.2, 0.25) is 0 Å². The van der Waals surface area contributed by atoms with Crippen molar-refractivity contribution in [3.05, 3.63) is 30.0 Å². The molecule has 1 heterocycles. The van der Waals surface area contributed by atoms with Crippen LogP contribution in [0.5, 0.6) is 5.75 Å². The van der Waals surface area contributed by atoms with Crippen molar-refractivity contribution in [1.82, 2.24) is 4.57 Å². The molecule has 1 atom stereocenters. The van der Waals surface area contributed by atoms with Crippen LogP contribution in [0, 0.1) is 0 Å². The van der Waals surface area contributed by atoms with E-state index >= 15 is 0 Å². The van der Waals surface area contributed by atoms with Crippen LogP contribution in [0.3, 0.4) is 0 Å². The molecule has 0 bridgehead atoms. The second-order valence-corrected chi connectivity index (χ2v) is 4.50. The molecule has 2 aromatic rings. The topological polar surface area (TPSA) is 82.7 Å². The molecule has 18 heavy (non-hydrogen) atoms. The second-order valence-electron chi connectivity index (χ2n) is 4.50. The van der Waals surface area contributed by atoms with E-state index in [0.717, 1.165) is 0 Å². The van der Waals surface area contributed by atoms with E-state index in [9.17, 15) is 15.0 Å². The lowest BCUT2D eigenvalue weighted by atomic mass is 10.1. The Morgan fingerprint density at radius 1 is 1.33 bits per heavy atom. The Morgan fingerprint density at radius 2 is 2.00 bits per heavy atom. The SMILES string of the molecule is CC(C)n1cc(C(O)C(=O)O)c2c(O)cccc21. The van der Waals surface area contributed by atoms with Gasteiger partial charge in [-0.05, 0) is 26.0 Å². The first-order valence-electron chi connectivity index (χ1n) is 5.66. The summed E-state index contributed by atoms with van der Waals surface area (Å²) < 4.78 is 1.83. The van der Waals surface area contributed by atoms with Crippen molar-refractivity contribution < 1.29 is 20.1 Å². The van der Waals surface area contributed by atoms with Crippen LogP contribution in [-0.4, -0.2) is 25.9 Å². The number of carboxylic acids is 1. The Labute approximate surface area is 104 Å². The van der Waals surface area contributed by atoms with Crippen molar-refractivity contribution in [3.63, 3.8) is 0 Å². The third-order valence-electron chi connectivity index (χ3n) is 2.95. The maximum atomic E-state index is 10.9. The number of nitrogens with zero attached hydrogens (tertiary/aromatic N) is 1. The predicted molar refractivity (Wildman–Crippen MR) is 66.6 cm³/mol. The van der Waals surface area contributed by atoms with E-state index < -0.39 is 12.1 Å². The fourth-order valence-corrected chi connectivity index (χ4v) is 2.09. The first-order valence-corrected chi connectivity index (χ1v) is 5.66. The number of benzene rings is 1. The van der Waals surface area contributed by atoms with Crippen LogP contribution in [-0.2, 0) is 4.79 Å². The van der Waals surface area contributed by atoms with Crippen LogP contribution in [0.1, 0.15) is 31.6 Å². The van der Waals surface area contributed by atoms with Crippen molar-refractivity contribution in [1.29, 1.82) is 0 Å². The molecule has 0 radical (unpaired) electrons. The summed E-state index contributed by atoms with van der Waals surface area (Å²) in [6, 6.07) is 5.05. The molecule has 1 unspecified atom stereocenters. The highest BCUT2D eigenvalue weighted by molar-refractivity contribution is 5.93. The number of aliphatic hydroxyl groups excluding tert-OH is 1. The van der Waals surface area contributed by atoms with Gasteiger partial charge < -0.3 is 19.9 Å². The molecule has 0 saturated heterocycles. The lowest BCUT2D eigenvalue weighted by molar-refractivity contribution is -0.146. The Kier molecular flexibility index (Phi) is 3.00. The number of aromatic hydroxyl groups is 1. The van der Waals surface area contributed by atoms with Gasteiger partial charge in [-0.15, -0.1) is 0 Å². The maximum Gasteiger partial charge on any atom is 0.337 e. The molecule has 0 saturated carbocycles. The summed E-state index contributed by atoms with van der Waals surface area (Å²) in [4.78, 5) is 10.9. The first-order chi connectivity index (χ1) is 8.43. The molecule has 0 spiro atoms. The zero-order valence-corrected chi connectivity index (χ0v) is 10.2. The van der Waals surface area contributed by atoms with Crippen LogP contribution >= 0.6 is 0 Å². The van der Waals surface area contributed by atoms with Gasteiger partial charge in [-0.1, -0.05) is 6.07 Å². The quantitative estimate of drug-likeness (QED) is 0.777. The molecule has 0 fully saturated rings. The largest absolute Gasteiger partial charge is 0.507 e. The van der Waals surface area contributed by atoms with Gasteiger partial charge in [0.05, 0.1) is 5.52 Å². The number of aromatic nitrogens is 1. The van der Waals surface area contributed by atoms with Gasteiger partial charge in [-0.3, -0.25) is 0 Å². The number of hydrogen-bond acceptors (Lipinski definition) is 3. The molecule has 5 heteroatoms. The second kappa shape index (κ2) is 4.34. The van der Waals surface area contributed by atoms with E-state index in [2.05, 4.69) is 0 Å². The molecule has 0 aliphatic heterocycles. The van der Waals surface area contributed by atoms with E-state index in [0.29, 0.717) is 10.9 Å². The Balaban J connectivity index is 2.78. The van der Waals surface area contributed by atoms with Crippen LogP contribution < -0.4 is 0 Å². The number of rotatable bonds is 3. The molecule has 3 N–H and O–H groups in total. The fourth-order valence-electron chi connectivity index (χ4n) is 2.09. The number of carbonyl (C=O) groups is 1. The van der Waals surface area contributed by atoms with Crippen LogP contribution in [0.15, 0.2) is 24.4 Å². The van der Waals surface area contributed by atoms with E-state index in [4.69, 9.17) is 5.11 Å². The highest BCUT2D eigenvalue weighted by Crippen LogP contribution is 2.34. The number of carboxylic acid groups (broad SMARTS) is 1. The van der Waals surface area contributed by atoms with Gasteiger partial charge in [0.1, 0.15) is 5.75 Å². The van der Waals surface area contributed by atoms with Gasteiger partial charge in [0.2, 0.25) is 0 Å². The van der Waals surface area contributed by atoms with Gasteiger partial charge in [-0.2, -0.15) is 0 Å². The van der Waals surface area contributed by atoms with Crippen LogP contribution in [0.4, 0.5) is 0 Å². The van der Waals surface area contributed by atoms with Gasteiger partial charge in [0, 0.05) is 23.2 Å². The first kappa shape index (κ1) is 12.4. The molecule has 96 valence electrons. The maximum absolute atomic E-state index is 10.9. The minimum atomic E-state index is -1.64. The molecule has 1 aromatic heterocycles. The van der Waals surface area contributed by atoms with E-state index in [-0.39, 0.29) is 17.4 Å². The summed E-state index contributed by atoms with van der Waals surface area (Å²) in [5, 5.41) is 28.8. The lowest BCUT2D eigenvalue weighted by Crippen LogP contribution is -2.10. The monoisotopic (exact) mass is 249 g/mol. The minimum absolute atomic E-state index is 0.0257. The Bertz CT molecular complexity index is 600. The smallest absolute Gasteiger partial charge is 0.337 e. The van der Waals surface area contributed by atoms with E-state index in [1.54, 1.807) is 18.3 Å². The molecular formula is C13H15NO4. The molecule has 5 nitrogen and oxygen atoms in total. The summed E-state index contributed by atoms with van der Waals surface area (Å²) in [5.74, 6) is -1.36. The number of fused-ring (bicyclic) bond motifs is 1. The van der Waals surface area contributed by atoms with Gasteiger partial charge >= 0.3 is 5.97 Å². The summed E-state index contributed by atoms with van der Waals surface area (Å²) in [5.41, 5.74) is 0.921. The number of hydrogen-bond donors (Lipinski definition) is 3. The van der Waals surface area contributed by atoms with Gasteiger partial charge in [0.15, 0.2) is 6.10 Å². The number of phenols is 1. The average molecular weight is 249 g/mol. The van der Waals surface area contributed by atoms with Crippen molar-refractivity contribution in [2.45, 2.75) is 26.0 Å². The summed E-state index contributed by atoms with van der Waals surface area (Å²) in [6.07, 6.45) is -0.0609. The third-order valence-corrected chi connectivity index (χ3v) is 2.95. The van der Waals surface area contributed by atoms with Gasteiger partial charge in [-0.25, -0.2) is 4.79 Å². The Hall–Kier alpha value is -2.01. The van der Waals surface area contributed by atoms with Crippen LogP contribution in [0.25, 0.3) is 10.9 Å². The van der Waals surface area contributed by atoms with E-state index in [1.807, 2.05) is 18.4 Å². The minimum Gasteiger partial charge on any atom is -0.507 e. The number of aliphatic hydroxyl groups is 1. The molecule has 0 amide bonds. The summed E-state index contributed by atoms with van der Waals surface area (Å²) in [6.45, 7) is 3.89. The highest BCUT2D eigenvalue weighted by Gasteiger charge is 2.23. The highest BCUT2D eigenvalue weighted by atomic mass is 16.4. The molecule has 2 rings (SSSR count). The molecule has 0 aliphatic carbocycles. The number of aliphatic carboxylic acids is 1. The molecule has 1 aromatic carbocycles. The lowest BCUT2D eigenvalue weighted by Gasteiger charge is -2.08. The normalized spacial score (nSPS) is 13.1. The van der Waals surface area contributed by atoms with Crippen molar-refractivity contribution in [2.75, 3.05) is 0 Å². The average Bonchev–Trinajstić information content (AvgIpc) is 2.68. The molecular weight excluding hydrogens is 234 g/mol. The third kappa shape index (κ3) is 1.82. The summed E-state index contributed by atoms with van der Waals surface area (Å²) in [7, 11) is 0. The van der Waals surface area contributed by atoms with Gasteiger partial charge in [0.25, 0.3) is 0 Å². The fraction of sp³-hybridized carbons (Fsp3) is 0.308. The zero-order valence-electron chi connectivity index (χ0n) is 10.2. The van der Waals surface area contributed by atoms with E-state index in [1.165, 1.54) is 6.07 Å². The zero-order chi connectivity index (χ0) is 13.4. The van der Waals surface area contributed by atoms with Crippen molar-refractivity contribution in [2.24, 2.45) is 0 Å². The summed E-state index contributed by atoms with van der Waals surface area (Å²) >= 11 is 0. The van der Waals surface area contributed by atoms with Crippen molar-refractivity contribution in [3.8, 4) is 5.75 Å². The van der Waals surface area contributed by atoms with Crippen molar-refractivity contribution >= 4 is 16.9 Å².